The smallest absolute Gasteiger partial charge is 0.137 e. The molecule has 0 radical (unpaired) electrons. The monoisotopic (exact) mass is 325 g/mol. The average Bonchev–Trinajstić information content (AvgIpc) is 2.39. The second-order valence-corrected chi connectivity index (χ2v) is 5.26. The molecule has 0 saturated carbocycles. The van der Waals surface area contributed by atoms with Crippen LogP contribution in [0.4, 0.5) is 8.78 Å². The molecule has 1 atom stereocenters. The predicted molar refractivity (Wildman–Crippen MR) is 76.1 cm³/mol. The summed E-state index contributed by atoms with van der Waals surface area (Å²) in [6.45, 7) is 1.72. The van der Waals surface area contributed by atoms with Crippen LogP contribution in [0.3, 0.4) is 0 Å². The van der Waals surface area contributed by atoms with Crippen LogP contribution in [0.5, 0.6) is 0 Å². The van der Waals surface area contributed by atoms with Crippen molar-refractivity contribution in [3.05, 3.63) is 69.2 Å². The van der Waals surface area contributed by atoms with E-state index in [1.807, 2.05) is 6.07 Å². The van der Waals surface area contributed by atoms with E-state index >= 15 is 0 Å². The van der Waals surface area contributed by atoms with E-state index < -0.39 is 0 Å². The molecule has 0 aliphatic carbocycles. The Bertz CT molecular complexity index is 547. The highest BCUT2D eigenvalue weighted by atomic mass is 79.9. The molecule has 100 valence electrons. The van der Waals surface area contributed by atoms with E-state index in [0.29, 0.717) is 10.0 Å². The molecule has 4 heteroatoms. The zero-order valence-electron chi connectivity index (χ0n) is 10.7. The van der Waals surface area contributed by atoms with Crippen molar-refractivity contribution in [3.63, 3.8) is 0 Å². The van der Waals surface area contributed by atoms with Gasteiger partial charge in [-0.1, -0.05) is 18.2 Å². The van der Waals surface area contributed by atoms with Crippen LogP contribution in [-0.4, -0.2) is 7.05 Å². The lowest BCUT2D eigenvalue weighted by atomic mass is 9.98. The number of rotatable bonds is 3. The van der Waals surface area contributed by atoms with Gasteiger partial charge in [-0.15, -0.1) is 0 Å². The molecule has 1 N–H and O–H groups in total. The van der Waals surface area contributed by atoms with Gasteiger partial charge in [-0.25, -0.2) is 8.78 Å². The van der Waals surface area contributed by atoms with Gasteiger partial charge in [0, 0.05) is 0 Å². The summed E-state index contributed by atoms with van der Waals surface area (Å²) >= 11 is 3.17. The SMILES string of the molecule is CNC(c1ccc(C)c(F)c1)c1ccc(F)c(Br)c1. The Hall–Kier alpha value is -1.26. The molecule has 0 bridgehead atoms. The lowest BCUT2D eigenvalue weighted by Crippen LogP contribution is -2.18. The lowest BCUT2D eigenvalue weighted by Gasteiger charge is -2.18. The van der Waals surface area contributed by atoms with Crippen molar-refractivity contribution in [2.45, 2.75) is 13.0 Å². The van der Waals surface area contributed by atoms with Crippen molar-refractivity contribution in [3.8, 4) is 0 Å². The molecule has 0 fully saturated rings. The minimum Gasteiger partial charge on any atom is -0.309 e. The largest absolute Gasteiger partial charge is 0.309 e. The van der Waals surface area contributed by atoms with Crippen LogP contribution < -0.4 is 5.32 Å². The Morgan fingerprint density at radius 2 is 1.63 bits per heavy atom. The molecule has 0 heterocycles. The van der Waals surface area contributed by atoms with E-state index in [1.165, 1.54) is 12.1 Å². The van der Waals surface area contributed by atoms with Gasteiger partial charge in [-0.05, 0) is 64.8 Å². The van der Waals surface area contributed by atoms with Crippen molar-refractivity contribution in [2.75, 3.05) is 7.05 Å². The number of aryl methyl sites for hydroxylation is 1. The zero-order valence-corrected chi connectivity index (χ0v) is 12.3. The number of nitrogens with one attached hydrogen (secondary N) is 1. The van der Waals surface area contributed by atoms with Crippen LogP contribution >= 0.6 is 15.9 Å². The summed E-state index contributed by atoms with van der Waals surface area (Å²) in [4.78, 5) is 0. The van der Waals surface area contributed by atoms with Crippen LogP contribution in [0, 0.1) is 18.6 Å². The fraction of sp³-hybridized carbons (Fsp3) is 0.200. The fourth-order valence-corrected chi connectivity index (χ4v) is 2.40. The van der Waals surface area contributed by atoms with E-state index in [2.05, 4.69) is 21.2 Å². The normalized spacial score (nSPS) is 12.5. The summed E-state index contributed by atoms with van der Waals surface area (Å²) in [5.41, 5.74) is 2.29. The molecule has 0 spiro atoms. The van der Waals surface area contributed by atoms with E-state index in [0.717, 1.165) is 11.1 Å². The molecular formula is C15H14BrF2N. The van der Waals surface area contributed by atoms with Gasteiger partial charge in [-0.3, -0.25) is 0 Å². The highest BCUT2D eigenvalue weighted by Gasteiger charge is 2.14. The minimum absolute atomic E-state index is 0.174. The molecule has 1 unspecified atom stereocenters. The lowest BCUT2D eigenvalue weighted by molar-refractivity contribution is 0.605. The zero-order chi connectivity index (χ0) is 14.0. The van der Waals surface area contributed by atoms with E-state index in [-0.39, 0.29) is 17.7 Å². The van der Waals surface area contributed by atoms with E-state index in [4.69, 9.17) is 0 Å². The quantitative estimate of drug-likeness (QED) is 0.884. The molecule has 2 aromatic rings. The Balaban J connectivity index is 2.43. The van der Waals surface area contributed by atoms with Gasteiger partial charge in [0.2, 0.25) is 0 Å². The van der Waals surface area contributed by atoms with Gasteiger partial charge < -0.3 is 5.32 Å². The number of hydrogen-bond acceptors (Lipinski definition) is 1. The average molecular weight is 326 g/mol. The van der Waals surface area contributed by atoms with Gasteiger partial charge in [0.1, 0.15) is 11.6 Å². The highest BCUT2D eigenvalue weighted by Crippen LogP contribution is 2.27. The van der Waals surface area contributed by atoms with Gasteiger partial charge in [0.05, 0.1) is 10.5 Å². The van der Waals surface area contributed by atoms with E-state index in [1.54, 1.807) is 32.2 Å². The second kappa shape index (κ2) is 5.80. The number of benzene rings is 2. The van der Waals surface area contributed by atoms with Crippen LogP contribution in [0.25, 0.3) is 0 Å². The van der Waals surface area contributed by atoms with Crippen molar-refractivity contribution in [1.82, 2.24) is 5.32 Å². The van der Waals surface area contributed by atoms with Gasteiger partial charge >= 0.3 is 0 Å². The van der Waals surface area contributed by atoms with Crippen molar-refractivity contribution in [2.24, 2.45) is 0 Å². The molecule has 0 aliphatic heterocycles. The first-order valence-corrected chi connectivity index (χ1v) is 6.70. The third kappa shape index (κ3) is 3.01. The Labute approximate surface area is 119 Å². The van der Waals surface area contributed by atoms with Gasteiger partial charge in [0.15, 0.2) is 0 Å². The molecule has 0 aromatic heterocycles. The first kappa shape index (κ1) is 14.2. The third-order valence-electron chi connectivity index (χ3n) is 3.09. The van der Waals surface area contributed by atoms with Crippen molar-refractivity contribution < 1.29 is 8.78 Å². The Morgan fingerprint density at radius 3 is 2.21 bits per heavy atom. The second-order valence-electron chi connectivity index (χ2n) is 4.40. The summed E-state index contributed by atoms with van der Waals surface area (Å²) in [6, 6.07) is 9.74. The first-order chi connectivity index (χ1) is 9.02. The predicted octanol–water partition coefficient (Wildman–Crippen LogP) is 4.34. The Kier molecular flexibility index (Phi) is 4.32. The number of halogens is 3. The summed E-state index contributed by atoms with van der Waals surface area (Å²) < 4.78 is 27.3. The van der Waals surface area contributed by atoms with Crippen LogP contribution in [0.2, 0.25) is 0 Å². The maximum absolute atomic E-state index is 13.6. The maximum atomic E-state index is 13.6. The van der Waals surface area contributed by atoms with Crippen molar-refractivity contribution >= 4 is 15.9 Å². The molecule has 2 aromatic carbocycles. The van der Waals surface area contributed by atoms with Gasteiger partial charge in [0.25, 0.3) is 0 Å². The molecule has 1 nitrogen and oxygen atoms in total. The summed E-state index contributed by atoms with van der Waals surface area (Å²) in [7, 11) is 1.79. The van der Waals surface area contributed by atoms with Gasteiger partial charge in [-0.2, -0.15) is 0 Å². The first-order valence-electron chi connectivity index (χ1n) is 5.91. The fourth-order valence-electron chi connectivity index (χ4n) is 2.01. The summed E-state index contributed by atoms with van der Waals surface area (Å²) in [6.07, 6.45) is 0. The summed E-state index contributed by atoms with van der Waals surface area (Å²) in [5, 5.41) is 3.12. The van der Waals surface area contributed by atoms with Crippen molar-refractivity contribution in [1.29, 1.82) is 0 Å². The molecule has 0 saturated heterocycles. The maximum Gasteiger partial charge on any atom is 0.137 e. The molecule has 2 rings (SSSR count). The standard InChI is InChI=1S/C15H14BrF2N/c1-9-3-4-11(8-14(9)18)15(19-2)10-5-6-13(17)12(16)7-10/h3-8,15,19H,1-2H3. The highest BCUT2D eigenvalue weighted by molar-refractivity contribution is 9.10. The molecular weight excluding hydrogens is 312 g/mol. The third-order valence-corrected chi connectivity index (χ3v) is 3.70. The van der Waals surface area contributed by atoms with Crippen LogP contribution in [0.15, 0.2) is 40.9 Å². The van der Waals surface area contributed by atoms with Crippen LogP contribution in [0.1, 0.15) is 22.7 Å². The van der Waals surface area contributed by atoms with E-state index in [9.17, 15) is 8.78 Å². The molecule has 0 amide bonds. The molecule has 19 heavy (non-hydrogen) atoms. The summed E-state index contributed by atoms with van der Waals surface area (Å²) in [5.74, 6) is -0.549. The Morgan fingerprint density at radius 1 is 1.00 bits per heavy atom. The minimum atomic E-state index is -0.311. The molecule has 0 aliphatic rings. The van der Waals surface area contributed by atoms with Crippen LogP contribution in [-0.2, 0) is 0 Å². The number of hydrogen-bond donors (Lipinski definition) is 1. The topological polar surface area (TPSA) is 12.0 Å².